The molecule has 0 N–H and O–H groups in total. The molecule has 6 heteroatoms. The van der Waals surface area contributed by atoms with Crippen molar-refractivity contribution >= 4 is 11.1 Å². The summed E-state index contributed by atoms with van der Waals surface area (Å²) in [5.74, 6) is 1.33. The van der Waals surface area contributed by atoms with Crippen LogP contribution in [0.25, 0.3) is 22.5 Å². The number of nitrogens with zero attached hydrogens (tertiary/aromatic N) is 3. The molecule has 4 aromatic rings. The minimum atomic E-state index is -0.282. The van der Waals surface area contributed by atoms with Gasteiger partial charge in [-0.1, -0.05) is 24.2 Å². The molecule has 0 amide bonds. The zero-order valence-electron chi connectivity index (χ0n) is 13.0. The van der Waals surface area contributed by atoms with Gasteiger partial charge in [0, 0.05) is 12.0 Å². The maximum atomic E-state index is 13.2. The van der Waals surface area contributed by atoms with Gasteiger partial charge in [-0.25, -0.2) is 9.37 Å². The van der Waals surface area contributed by atoms with Gasteiger partial charge < -0.3 is 8.94 Å². The van der Waals surface area contributed by atoms with Crippen molar-refractivity contribution in [2.24, 2.45) is 0 Å². The maximum absolute atomic E-state index is 13.2. The Morgan fingerprint density at radius 1 is 1.04 bits per heavy atom. The van der Waals surface area contributed by atoms with Crippen molar-refractivity contribution in [3.63, 3.8) is 0 Å². The minimum Gasteiger partial charge on any atom is -0.441 e. The second-order valence-corrected chi connectivity index (χ2v) is 5.46. The molecule has 0 radical (unpaired) electrons. The van der Waals surface area contributed by atoms with Gasteiger partial charge in [-0.3, -0.25) is 0 Å². The Labute approximate surface area is 137 Å². The molecule has 2 aromatic carbocycles. The fourth-order valence-corrected chi connectivity index (χ4v) is 2.53. The van der Waals surface area contributed by atoms with Crippen LogP contribution in [0.2, 0.25) is 0 Å². The highest BCUT2D eigenvalue weighted by molar-refractivity contribution is 5.78. The van der Waals surface area contributed by atoms with Crippen LogP contribution in [0.4, 0.5) is 4.39 Å². The van der Waals surface area contributed by atoms with Crippen LogP contribution < -0.4 is 0 Å². The molecule has 0 saturated heterocycles. The summed E-state index contributed by atoms with van der Waals surface area (Å²) in [6, 6.07) is 11.9. The van der Waals surface area contributed by atoms with Crippen LogP contribution in [0.5, 0.6) is 0 Å². The van der Waals surface area contributed by atoms with E-state index in [2.05, 4.69) is 15.1 Å². The van der Waals surface area contributed by atoms with Gasteiger partial charge in [0.15, 0.2) is 11.5 Å². The first kappa shape index (κ1) is 14.6. The lowest BCUT2D eigenvalue weighted by Crippen LogP contribution is -1.89. The van der Waals surface area contributed by atoms with Gasteiger partial charge in [0.25, 0.3) is 0 Å². The summed E-state index contributed by atoms with van der Waals surface area (Å²) < 4.78 is 24.1. The molecule has 5 nitrogen and oxygen atoms in total. The lowest BCUT2D eigenvalue weighted by atomic mass is 10.1. The molecule has 0 fully saturated rings. The maximum Gasteiger partial charge on any atom is 0.231 e. The van der Waals surface area contributed by atoms with Crippen LogP contribution >= 0.6 is 0 Å². The summed E-state index contributed by atoms with van der Waals surface area (Å²) in [5.41, 5.74) is 3.08. The third kappa shape index (κ3) is 2.78. The normalized spacial score (nSPS) is 11.2. The Hall–Kier alpha value is -3.02. The molecule has 0 saturated carbocycles. The first-order valence-electron chi connectivity index (χ1n) is 7.68. The average molecular weight is 323 g/mol. The Balaban J connectivity index is 1.62. The number of hydrogen-bond acceptors (Lipinski definition) is 5. The number of benzene rings is 2. The number of hydrogen-bond donors (Lipinski definition) is 0. The molecular weight excluding hydrogens is 309 g/mol. The highest BCUT2D eigenvalue weighted by Crippen LogP contribution is 2.23. The van der Waals surface area contributed by atoms with Crippen molar-refractivity contribution in [1.29, 1.82) is 0 Å². The molecular formula is C18H14FN3O2. The Bertz CT molecular complexity index is 1010. The predicted molar refractivity (Wildman–Crippen MR) is 85.9 cm³/mol. The van der Waals surface area contributed by atoms with E-state index in [0.717, 1.165) is 28.6 Å². The Kier molecular flexibility index (Phi) is 3.57. The van der Waals surface area contributed by atoms with Crippen molar-refractivity contribution in [3.05, 3.63) is 65.6 Å². The summed E-state index contributed by atoms with van der Waals surface area (Å²) in [7, 11) is 0. The van der Waals surface area contributed by atoms with Crippen LogP contribution in [-0.2, 0) is 12.8 Å². The monoisotopic (exact) mass is 323 g/mol. The van der Waals surface area contributed by atoms with Crippen LogP contribution in [0.1, 0.15) is 24.3 Å². The summed E-state index contributed by atoms with van der Waals surface area (Å²) in [6.07, 6.45) is 1.13. The number of halogens is 1. The van der Waals surface area contributed by atoms with E-state index < -0.39 is 0 Å². The molecule has 4 rings (SSSR count). The van der Waals surface area contributed by atoms with E-state index in [4.69, 9.17) is 8.94 Å². The fraction of sp³-hybridized carbons (Fsp3) is 0.167. The van der Waals surface area contributed by atoms with Gasteiger partial charge in [-0.2, -0.15) is 4.98 Å². The molecule has 0 aliphatic heterocycles. The molecule has 2 heterocycles. The quantitative estimate of drug-likeness (QED) is 0.564. The smallest absolute Gasteiger partial charge is 0.231 e. The van der Waals surface area contributed by atoms with E-state index in [0.29, 0.717) is 24.0 Å². The molecule has 0 bridgehead atoms. The van der Waals surface area contributed by atoms with E-state index in [1.54, 1.807) is 6.07 Å². The zero-order chi connectivity index (χ0) is 16.5. The number of fused-ring (bicyclic) bond motifs is 1. The Morgan fingerprint density at radius 2 is 1.96 bits per heavy atom. The molecule has 0 aliphatic rings. The third-order valence-electron chi connectivity index (χ3n) is 3.70. The standard InChI is InChI=1S/C18H14FN3O2/c1-2-16-20-14-10-12(6-7-15(14)23-16)18-21-17(24-22-18)9-11-4-3-5-13(19)8-11/h3-8,10H,2,9H2,1H3. The minimum absolute atomic E-state index is 0.282. The fourth-order valence-electron chi connectivity index (χ4n) is 2.53. The first-order chi connectivity index (χ1) is 11.7. The molecule has 0 spiro atoms. The van der Waals surface area contributed by atoms with Crippen molar-refractivity contribution < 1.29 is 13.3 Å². The van der Waals surface area contributed by atoms with Gasteiger partial charge in [0.1, 0.15) is 11.3 Å². The SMILES string of the molecule is CCc1nc2cc(-c3noc(Cc4cccc(F)c4)n3)ccc2o1. The highest BCUT2D eigenvalue weighted by Gasteiger charge is 2.12. The summed E-state index contributed by atoms with van der Waals surface area (Å²) in [5, 5.41) is 4.00. The van der Waals surface area contributed by atoms with E-state index in [1.807, 2.05) is 31.2 Å². The lowest BCUT2D eigenvalue weighted by Gasteiger charge is -1.96. The van der Waals surface area contributed by atoms with Gasteiger partial charge >= 0.3 is 0 Å². The molecule has 2 aromatic heterocycles. The van der Waals surface area contributed by atoms with Crippen LogP contribution in [0.15, 0.2) is 51.4 Å². The molecule has 0 atom stereocenters. The predicted octanol–water partition coefficient (Wildman–Crippen LogP) is 4.17. The van der Waals surface area contributed by atoms with E-state index >= 15 is 0 Å². The van der Waals surface area contributed by atoms with Crippen LogP contribution in [-0.4, -0.2) is 15.1 Å². The van der Waals surface area contributed by atoms with Crippen molar-refractivity contribution in [2.45, 2.75) is 19.8 Å². The van der Waals surface area contributed by atoms with Gasteiger partial charge in [0.05, 0.1) is 6.42 Å². The van der Waals surface area contributed by atoms with Crippen molar-refractivity contribution in [3.8, 4) is 11.4 Å². The molecule has 120 valence electrons. The largest absolute Gasteiger partial charge is 0.441 e. The van der Waals surface area contributed by atoms with Gasteiger partial charge in [0.2, 0.25) is 11.7 Å². The van der Waals surface area contributed by atoms with Gasteiger partial charge in [-0.05, 0) is 35.9 Å². The van der Waals surface area contributed by atoms with Gasteiger partial charge in [-0.15, -0.1) is 0 Å². The second-order valence-electron chi connectivity index (χ2n) is 5.46. The van der Waals surface area contributed by atoms with Crippen molar-refractivity contribution in [2.75, 3.05) is 0 Å². The van der Waals surface area contributed by atoms with E-state index in [-0.39, 0.29) is 5.82 Å². The van der Waals surface area contributed by atoms with Crippen LogP contribution in [0.3, 0.4) is 0 Å². The first-order valence-corrected chi connectivity index (χ1v) is 7.68. The van der Waals surface area contributed by atoms with Crippen LogP contribution in [0, 0.1) is 5.82 Å². The average Bonchev–Trinajstić information content (AvgIpc) is 3.20. The third-order valence-corrected chi connectivity index (χ3v) is 3.70. The zero-order valence-corrected chi connectivity index (χ0v) is 13.0. The van der Waals surface area contributed by atoms with E-state index in [1.165, 1.54) is 12.1 Å². The van der Waals surface area contributed by atoms with E-state index in [9.17, 15) is 4.39 Å². The van der Waals surface area contributed by atoms with Crippen molar-refractivity contribution in [1.82, 2.24) is 15.1 Å². The summed E-state index contributed by atoms with van der Waals surface area (Å²) in [4.78, 5) is 8.79. The second kappa shape index (κ2) is 5.88. The number of aryl methyl sites for hydroxylation is 1. The molecule has 0 aliphatic carbocycles. The molecule has 24 heavy (non-hydrogen) atoms. The molecule has 0 unspecified atom stereocenters. The topological polar surface area (TPSA) is 65.0 Å². The Morgan fingerprint density at radius 3 is 2.79 bits per heavy atom. The summed E-state index contributed by atoms with van der Waals surface area (Å²) in [6.45, 7) is 1.99. The number of rotatable bonds is 4. The lowest BCUT2D eigenvalue weighted by molar-refractivity contribution is 0.385. The highest BCUT2D eigenvalue weighted by atomic mass is 19.1. The number of aromatic nitrogens is 3. The number of oxazole rings is 1. The summed E-state index contributed by atoms with van der Waals surface area (Å²) >= 11 is 0.